The second kappa shape index (κ2) is 5.58. The van der Waals surface area contributed by atoms with Gasteiger partial charge >= 0.3 is 12.5 Å². The maximum atomic E-state index is 12.5. The zero-order valence-electron chi connectivity index (χ0n) is 9.12. The van der Waals surface area contributed by atoms with Crippen molar-refractivity contribution in [2.75, 3.05) is 0 Å². The minimum Gasteiger partial charge on any atom is -0.405 e. The number of pyridine rings is 1. The highest BCUT2D eigenvalue weighted by atomic mass is 35.5. The summed E-state index contributed by atoms with van der Waals surface area (Å²) in [5, 5.41) is 0. The summed E-state index contributed by atoms with van der Waals surface area (Å²) in [7, 11) is 0. The third-order valence-electron chi connectivity index (χ3n) is 2.01. The molecule has 0 saturated heterocycles. The molecule has 1 aromatic heterocycles. The molecule has 0 unspecified atom stereocenters. The Labute approximate surface area is 111 Å². The number of alkyl halides is 9. The molecule has 1 aromatic rings. The summed E-state index contributed by atoms with van der Waals surface area (Å²) in [5.74, 6) is -2.81. The maximum Gasteiger partial charge on any atom is 0.573 e. The van der Waals surface area contributed by atoms with Gasteiger partial charge in [0.05, 0.1) is 11.4 Å². The fourth-order valence-electron chi connectivity index (χ4n) is 1.31. The third-order valence-corrected chi connectivity index (χ3v) is 2.28. The summed E-state index contributed by atoms with van der Waals surface area (Å²) >= 11 is 5.12. The van der Waals surface area contributed by atoms with E-state index in [9.17, 15) is 35.1 Å². The Morgan fingerprint density at radius 2 is 1.70 bits per heavy atom. The van der Waals surface area contributed by atoms with Crippen LogP contribution in [0, 0.1) is 0 Å². The lowest BCUT2D eigenvalue weighted by atomic mass is 10.1. The Balaban J connectivity index is 3.55. The molecule has 0 aliphatic carbocycles. The SMILES string of the molecule is FC(F)c1cnc(C(F)(F)F)c(CCl)c1OC(F)(F)F. The van der Waals surface area contributed by atoms with Crippen LogP contribution in [0.15, 0.2) is 6.20 Å². The Morgan fingerprint density at radius 3 is 2.05 bits per heavy atom. The van der Waals surface area contributed by atoms with Crippen LogP contribution < -0.4 is 4.74 Å². The van der Waals surface area contributed by atoms with Gasteiger partial charge in [0.25, 0.3) is 6.43 Å². The molecule has 11 heteroatoms. The topological polar surface area (TPSA) is 22.1 Å². The van der Waals surface area contributed by atoms with Gasteiger partial charge in [-0.15, -0.1) is 24.8 Å². The molecule has 0 N–H and O–H groups in total. The lowest BCUT2D eigenvalue weighted by molar-refractivity contribution is -0.275. The normalized spacial score (nSPS) is 12.9. The monoisotopic (exact) mass is 329 g/mol. The van der Waals surface area contributed by atoms with Gasteiger partial charge in [-0.05, 0) is 0 Å². The van der Waals surface area contributed by atoms with Crippen LogP contribution in [0.3, 0.4) is 0 Å². The van der Waals surface area contributed by atoms with Crippen LogP contribution in [0.2, 0.25) is 0 Å². The molecule has 0 fully saturated rings. The van der Waals surface area contributed by atoms with Crippen LogP contribution in [0.4, 0.5) is 35.1 Å². The van der Waals surface area contributed by atoms with Crippen molar-refractivity contribution in [3.63, 3.8) is 0 Å². The van der Waals surface area contributed by atoms with Crippen LogP contribution in [0.5, 0.6) is 5.75 Å². The van der Waals surface area contributed by atoms with Crippen LogP contribution >= 0.6 is 11.6 Å². The molecule has 114 valence electrons. The van der Waals surface area contributed by atoms with Gasteiger partial charge in [0.2, 0.25) is 0 Å². The van der Waals surface area contributed by atoms with Gasteiger partial charge in [-0.25, -0.2) is 8.78 Å². The van der Waals surface area contributed by atoms with Crippen molar-refractivity contribution in [1.82, 2.24) is 4.98 Å². The Bertz CT molecular complexity index is 484. The minimum absolute atomic E-state index is 0.0232. The van der Waals surface area contributed by atoms with Crippen LogP contribution in [0.25, 0.3) is 0 Å². The lowest BCUT2D eigenvalue weighted by Gasteiger charge is -2.19. The number of rotatable bonds is 3. The molecule has 0 aromatic carbocycles. The Hall–Kier alpha value is -1.32. The van der Waals surface area contributed by atoms with E-state index in [1.165, 1.54) is 0 Å². The average molecular weight is 330 g/mol. The number of ether oxygens (including phenoxy) is 1. The smallest absolute Gasteiger partial charge is 0.405 e. The van der Waals surface area contributed by atoms with E-state index in [1.807, 2.05) is 0 Å². The molecule has 2 nitrogen and oxygen atoms in total. The number of halogens is 9. The molecule has 0 aliphatic heterocycles. The average Bonchev–Trinajstić information content (AvgIpc) is 2.24. The first-order chi connectivity index (χ1) is 8.97. The van der Waals surface area contributed by atoms with Gasteiger partial charge in [-0.2, -0.15) is 13.2 Å². The van der Waals surface area contributed by atoms with E-state index in [0.717, 1.165) is 0 Å². The van der Waals surface area contributed by atoms with E-state index < -0.39 is 47.4 Å². The highest BCUT2D eigenvalue weighted by Gasteiger charge is 2.41. The molecule has 0 atom stereocenters. The summed E-state index contributed by atoms with van der Waals surface area (Å²) in [6, 6.07) is 0. The summed E-state index contributed by atoms with van der Waals surface area (Å²) in [5.41, 5.74) is -4.53. The van der Waals surface area contributed by atoms with Gasteiger partial charge in [-0.1, -0.05) is 0 Å². The number of nitrogens with zero attached hydrogens (tertiary/aromatic N) is 1. The van der Waals surface area contributed by atoms with E-state index in [1.54, 1.807) is 0 Å². The molecule has 1 heterocycles. The molecule has 0 bridgehead atoms. The van der Waals surface area contributed by atoms with Crippen LogP contribution in [0.1, 0.15) is 23.2 Å². The first-order valence-corrected chi connectivity index (χ1v) is 5.19. The Kier molecular flexibility index (Phi) is 4.67. The fourth-order valence-corrected chi connectivity index (χ4v) is 1.56. The van der Waals surface area contributed by atoms with Gasteiger partial charge in [0.15, 0.2) is 5.69 Å². The van der Waals surface area contributed by atoms with E-state index in [0.29, 0.717) is 0 Å². The van der Waals surface area contributed by atoms with E-state index in [4.69, 9.17) is 11.6 Å². The van der Waals surface area contributed by atoms with Crippen molar-refractivity contribution in [3.05, 3.63) is 23.0 Å². The van der Waals surface area contributed by atoms with Crippen LogP contribution in [-0.4, -0.2) is 11.3 Å². The predicted molar refractivity (Wildman–Crippen MR) is 50.4 cm³/mol. The zero-order chi connectivity index (χ0) is 15.7. The van der Waals surface area contributed by atoms with Crippen molar-refractivity contribution in [2.24, 2.45) is 0 Å². The molecule has 20 heavy (non-hydrogen) atoms. The quantitative estimate of drug-likeness (QED) is 0.593. The number of hydrogen-bond acceptors (Lipinski definition) is 2. The van der Waals surface area contributed by atoms with E-state index >= 15 is 0 Å². The molecule has 0 amide bonds. The van der Waals surface area contributed by atoms with Crippen molar-refractivity contribution < 1.29 is 39.9 Å². The number of hydrogen-bond donors (Lipinski definition) is 0. The van der Waals surface area contributed by atoms with Crippen molar-refractivity contribution in [1.29, 1.82) is 0 Å². The fraction of sp³-hybridized carbons (Fsp3) is 0.444. The minimum atomic E-state index is -5.45. The molecule has 0 aliphatic rings. The Morgan fingerprint density at radius 1 is 1.15 bits per heavy atom. The van der Waals surface area contributed by atoms with E-state index in [2.05, 4.69) is 9.72 Å². The third kappa shape index (κ3) is 3.84. The highest BCUT2D eigenvalue weighted by molar-refractivity contribution is 6.17. The summed E-state index contributed by atoms with van der Waals surface area (Å²) in [6.45, 7) is 0. The van der Waals surface area contributed by atoms with Gasteiger partial charge in [0.1, 0.15) is 5.75 Å². The highest BCUT2D eigenvalue weighted by Crippen LogP contribution is 2.41. The van der Waals surface area contributed by atoms with Crippen molar-refractivity contribution in [3.8, 4) is 5.75 Å². The van der Waals surface area contributed by atoms with E-state index in [-0.39, 0.29) is 6.20 Å². The molecule has 0 spiro atoms. The summed E-state index contributed by atoms with van der Waals surface area (Å²) < 4.78 is 102. The maximum absolute atomic E-state index is 12.5. The van der Waals surface area contributed by atoms with Gasteiger partial charge in [0, 0.05) is 11.8 Å². The van der Waals surface area contributed by atoms with Gasteiger partial charge in [-0.3, -0.25) is 4.98 Å². The molecule has 0 radical (unpaired) electrons. The second-order valence-corrected chi connectivity index (χ2v) is 3.62. The molecule has 0 saturated carbocycles. The predicted octanol–water partition coefficient (Wildman–Crippen LogP) is 4.68. The van der Waals surface area contributed by atoms with Gasteiger partial charge < -0.3 is 4.74 Å². The first kappa shape index (κ1) is 16.7. The summed E-state index contributed by atoms with van der Waals surface area (Å²) in [6.07, 6.45) is -14.1. The first-order valence-electron chi connectivity index (χ1n) is 4.66. The molecular weight excluding hydrogens is 326 g/mol. The van der Waals surface area contributed by atoms with Crippen molar-refractivity contribution in [2.45, 2.75) is 24.8 Å². The number of aromatic nitrogens is 1. The lowest BCUT2D eigenvalue weighted by Crippen LogP contribution is -2.22. The second-order valence-electron chi connectivity index (χ2n) is 3.35. The largest absolute Gasteiger partial charge is 0.573 e. The molecular formula is C9H4ClF8NO. The van der Waals surface area contributed by atoms with Crippen LogP contribution in [-0.2, 0) is 12.1 Å². The zero-order valence-corrected chi connectivity index (χ0v) is 9.87. The summed E-state index contributed by atoms with van der Waals surface area (Å²) in [4.78, 5) is 2.70. The molecule has 1 rings (SSSR count). The van der Waals surface area contributed by atoms with Crippen molar-refractivity contribution >= 4 is 11.6 Å². The standard InChI is InChI=1S/C9H4ClF8NO/c10-1-3-5(20-9(16,17)18)4(7(11)12)2-19-6(3)8(13,14)15/h2,7H,1H2.